The van der Waals surface area contributed by atoms with Crippen LogP contribution in [0, 0.1) is 6.92 Å². The minimum absolute atomic E-state index is 0.367. The number of hydrogen-bond acceptors (Lipinski definition) is 2. The number of likely N-dealkylation sites (N-methyl/N-ethyl adjacent to an activating group) is 1. The predicted molar refractivity (Wildman–Crippen MR) is 67.9 cm³/mol. The molecule has 2 amide bonds. The van der Waals surface area contributed by atoms with Crippen molar-refractivity contribution in [3.8, 4) is 0 Å². The molecule has 0 bridgehead atoms. The van der Waals surface area contributed by atoms with E-state index in [4.69, 9.17) is 5.73 Å². The van der Waals surface area contributed by atoms with Crippen LogP contribution >= 0.6 is 0 Å². The van der Waals surface area contributed by atoms with E-state index in [2.05, 4.69) is 13.8 Å². The first-order chi connectivity index (χ1) is 7.84. The van der Waals surface area contributed by atoms with Crippen LogP contribution in [0.2, 0.25) is 0 Å². The third-order valence-electron chi connectivity index (χ3n) is 2.78. The molecule has 0 saturated heterocycles. The molecule has 0 atom stereocenters. The fourth-order valence-corrected chi connectivity index (χ4v) is 1.62. The quantitative estimate of drug-likeness (QED) is 0.789. The molecule has 0 aromatic heterocycles. The van der Waals surface area contributed by atoms with Crippen LogP contribution in [0.1, 0.15) is 30.9 Å². The highest BCUT2D eigenvalue weighted by molar-refractivity contribution is 6.39. The van der Waals surface area contributed by atoms with Gasteiger partial charge in [-0.1, -0.05) is 26.0 Å². The first-order valence-electron chi connectivity index (χ1n) is 5.52. The lowest BCUT2D eigenvalue weighted by Crippen LogP contribution is -2.38. The van der Waals surface area contributed by atoms with E-state index in [-0.39, 0.29) is 0 Å². The van der Waals surface area contributed by atoms with Crippen molar-refractivity contribution >= 4 is 17.5 Å². The molecule has 1 rings (SSSR count). The first kappa shape index (κ1) is 13.2. The maximum atomic E-state index is 11.5. The number of nitrogens with two attached hydrogens (primary N) is 1. The van der Waals surface area contributed by atoms with Crippen LogP contribution in [0.15, 0.2) is 18.2 Å². The molecule has 0 aliphatic heterocycles. The largest absolute Gasteiger partial charge is 0.361 e. The molecular weight excluding hydrogens is 216 g/mol. The summed E-state index contributed by atoms with van der Waals surface area (Å²) in [6, 6.07) is 5.88. The fourth-order valence-electron chi connectivity index (χ4n) is 1.62. The van der Waals surface area contributed by atoms with Gasteiger partial charge in [-0.05, 0) is 30.0 Å². The summed E-state index contributed by atoms with van der Waals surface area (Å²) >= 11 is 0. The summed E-state index contributed by atoms with van der Waals surface area (Å²) in [6.45, 7) is 6.04. The van der Waals surface area contributed by atoms with Gasteiger partial charge in [0.25, 0.3) is 0 Å². The van der Waals surface area contributed by atoms with Crippen molar-refractivity contribution in [2.75, 3.05) is 11.9 Å². The van der Waals surface area contributed by atoms with Crippen molar-refractivity contribution < 1.29 is 9.59 Å². The minimum Gasteiger partial charge on any atom is -0.361 e. The highest BCUT2D eigenvalue weighted by atomic mass is 16.2. The number of amides is 2. The lowest BCUT2D eigenvalue weighted by Gasteiger charge is -2.19. The first-order valence-corrected chi connectivity index (χ1v) is 5.52. The number of carbonyl (C=O) groups excluding carboxylic acids is 2. The molecule has 0 unspecified atom stereocenters. The minimum atomic E-state index is -0.943. The number of nitrogens with zero attached hydrogens (tertiary/aromatic N) is 1. The Kier molecular flexibility index (Phi) is 3.89. The number of anilines is 1. The Morgan fingerprint density at radius 1 is 1.29 bits per heavy atom. The molecule has 1 aromatic rings. The van der Waals surface area contributed by atoms with Gasteiger partial charge in [0.2, 0.25) is 0 Å². The summed E-state index contributed by atoms with van der Waals surface area (Å²) in [5.74, 6) is -1.28. The highest BCUT2D eigenvalue weighted by Crippen LogP contribution is 2.24. The summed E-state index contributed by atoms with van der Waals surface area (Å²) in [5, 5.41) is 0. The average Bonchev–Trinajstić information content (AvgIpc) is 2.27. The van der Waals surface area contributed by atoms with Gasteiger partial charge in [-0.25, -0.2) is 0 Å². The summed E-state index contributed by atoms with van der Waals surface area (Å²) in [6.07, 6.45) is 0. The Bertz CT molecular complexity index is 453. The van der Waals surface area contributed by atoms with Gasteiger partial charge < -0.3 is 10.6 Å². The standard InChI is InChI=1S/C13H18N2O2/c1-8(2)10-6-5-9(3)11(7-10)15(4)13(17)12(14)16/h5-8H,1-4H3,(H2,14,16). The molecule has 92 valence electrons. The Labute approximate surface area is 101 Å². The molecule has 0 heterocycles. The van der Waals surface area contributed by atoms with E-state index < -0.39 is 11.8 Å². The lowest BCUT2D eigenvalue weighted by molar-refractivity contribution is -0.135. The SMILES string of the molecule is Cc1ccc(C(C)C)cc1N(C)C(=O)C(N)=O. The summed E-state index contributed by atoms with van der Waals surface area (Å²) in [4.78, 5) is 23.7. The Balaban J connectivity index is 3.16. The van der Waals surface area contributed by atoms with Crippen molar-refractivity contribution in [1.29, 1.82) is 0 Å². The van der Waals surface area contributed by atoms with Crippen molar-refractivity contribution in [3.63, 3.8) is 0 Å². The Morgan fingerprint density at radius 3 is 2.35 bits per heavy atom. The van der Waals surface area contributed by atoms with Crippen LogP contribution in [0.3, 0.4) is 0 Å². The zero-order chi connectivity index (χ0) is 13.2. The number of primary amides is 1. The smallest absolute Gasteiger partial charge is 0.315 e. The lowest BCUT2D eigenvalue weighted by atomic mass is 10.0. The van der Waals surface area contributed by atoms with E-state index in [1.54, 1.807) is 7.05 Å². The van der Waals surface area contributed by atoms with Crippen LogP contribution in [-0.2, 0) is 9.59 Å². The predicted octanol–water partition coefficient (Wildman–Crippen LogP) is 1.57. The van der Waals surface area contributed by atoms with E-state index >= 15 is 0 Å². The van der Waals surface area contributed by atoms with Crippen molar-refractivity contribution in [2.24, 2.45) is 5.73 Å². The van der Waals surface area contributed by atoms with Gasteiger partial charge >= 0.3 is 11.8 Å². The van der Waals surface area contributed by atoms with Gasteiger partial charge in [-0.15, -0.1) is 0 Å². The molecular formula is C13H18N2O2. The monoisotopic (exact) mass is 234 g/mol. The van der Waals surface area contributed by atoms with E-state index in [1.807, 2.05) is 25.1 Å². The topological polar surface area (TPSA) is 63.4 Å². The molecule has 0 aliphatic carbocycles. The molecule has 0 spiro atoms. The van der Waals surface area contributed by atoms with E-state index in [0.29, 0.717) is 5.92 Å². The third-order valence-corrected chi connectivity index (χ3v) is 2.78. The molecule has 1 aromatic carbocycles. The molecule has 0 saturated carbocycles. The summed E-state index contributed by atoms with van der Waals surface area (Å²) < 4.78 is 0. The maximum Gasteiger partial charge on any atom is 0.315 e. The Hall–Kier alpha value is -1.84. The fraction of sp³-hybridized carbons (Fsp3) is 0.385. The van der Waals surface area contributed by atoms with Crippen LogP contribution in [0.5, 0.6) is 0 Å². The summed E-state index contributed by atoms with van der Waals surface area (Å²) in [7, 11) is 1.56. The zero-order valence-corrected chi connectivity index (χ0v) is 10.7. The van der Waals surface area contributed by atoms with Gasteiger partial charge in [0, 0.05) is 12.7 Å². The molecule has 2 N–H and O–H groups in total. The van der Waals surface area contributed by atoms with Crippen molar-refractivity contribution in [1.82, 2.24) is 0 Å². The normalized spacial score (nSPS) is 10.4. The molecule has 4 heteroatoms. The third kappa shape index (κ3) is 2.84. The van der Waals surface area contributed by atoms with Crippen molar-refractivity contribution in [2.45, 2.75) is 26.7 Å². The van der Waals surface area contributed by atoms with Crippen LogP contribution in [0.25, 0.3) is 0 Å². The van der Waals surface area contributed by atoms with Crippen molar-refractivity contribution in [3.05, 3.63) is 29.3 Å². The number of aryl methyl sites for hydroxylation is 1. The van der Waals surface area contributed by atoms with Gasteiger partial charge in [-0.2, -0.15) is 0 Å². The van der Waals surface area contributed by atoms with Gasteiger partial charge in [-0.3, -0.25) is 9.59 Å². The van der Waals surface area contributed by atoms with Crippen LogP contribution in [0.4, 0.5) is 5.69 Å². The van der Waals surface area contributed by atoms with Gasteiger partial charge in [0.1, 0.15) is 0 Å². The maximum absolute atomic E-state index is 11.5. The van der Waals surface area contributed by atoms with Crippen LogP contribution in [-0.4, -0.2) is 18.9 Å². The number of benzene rings is 1. The van der Waals surface area contributed by atoms with E-state index in [1.165, 1.54) is 4.90 Å². The summed E-state index contributed by atoms with van der Waals surface area (Å²) in [5.41, 5.74) is 7.77. The zero-order valence-electron chi connectivity index (χ0n) is 10.7. The molecule has 0 aliphatic rings. The van der Waals surface area contributed by atoms with Gasteiger partial charge in [0.15, 0.2) is 0 Å². The van der Waals surface area contributed by atoms with E-state index in [9.17, 15) is 9.59 Å². The van der Waals surface area contributed by atoms with E-state index in [0.717, 1.165) is 16.8 Å². The van der Waals surface area contributed by atoms with Gasteiger partial charge in [0.05, 0.1) is 0 Å². The molecule has 0 fully saturated rings. The Morgan fingerprint density at radius 2 is 1.88 bits per heavy atom. The number of rotatable bonds is 2. The average molecular weight is 234 g/mol. The number of hydrogen-bond donors (Lipinski definition) is 1. The second-order valence-electron chi connectivity index (χ2n) is 4.43. The second-order valence-corrected chi connectivity index (χ2v) is 4.43. The number of carbonyl (C=O) groups is 2. The highest BCUT2D eigenvalue weighted by Gasteiger charge is 2.18. The molecule has 4 nitrogen and oxygen atoms in total. The second kappa shape index (κ2) is 4.99. The molecule has 0 radical (unpaired) electrons. The molecule has 17 heavy (non-hydrogen) atoms. The van der Waals surface area contributed by atoms with Crippen LogP contribution < -0.4 is 10.6 Å².